The number of thiazole rings is 1. The maximum absolute atomic E-state index is 5.72. The molecule has 0 bridgehead atoms. The van der Waals surface area contributed by atoms with Crippen molar-refractivity contribution in [1.82, 2.24) is 9.97 Å². The Kier molecular flexibility index (Phi) is 6.18. The van der Waals surface area contributed by atoms with Gasteiger partial charge in [-0.3, -0.25) is 0 Å². The zero-order valence-corrected chi connectivity index (χ0v) is 13.9. The molecule has 0 aliphatic rings. The lowest BCUT2D eigenvalue weighted by Gasteiger charge is -2.11. The molecule has 0 amide bonds. The Morgan fingerprint density at radius 2 is 2.00 bits per heavy atom. The van der Waals surface area contributed by atoms with E-state index in [4.69, 9.17) is 4.74 Å². The molecule has 1 atom stereocenters. The lowest BCUT2D eigenvalue weighted by Crippen LogP contribution is -2.06. The number of aromatic nitrogens is 2. The number of ether oxygens (including phenoxy) is 1. The number of rotatable bonds is 8. The highest BCUT2D eigenvalue weighted by molar-refractivity contribution is 7.09. The van der Waals surface area contributed by atoms with E-state index in [9.17, 15) is 0 Å². The van der Waals surface area contributed by atoms with E-state index >= 15 is 0 Å². The molecule has 1 unspecified atom stereocenters. The highest BCUT2D eigenvalue weighted by Gasteiger charge is 2.08. The van der Waals surface area contributed by atoms with E-state index in [-0.39, 0.29) is 0 Å². The molecule has 0 aliphatic carbocycles. The minimum absolute atomic E-state index is 0.571. The lowest BCUT2D eigenvalue weighted by molar-refractivity contribution is 0.279. The summed E-state index contributed by atoms with van der Waals surface area (Å²) in [4.78, 5) is 8.64. The van der Waals surface area contributed by atoms with Gasteiger partial charge in [-0.05, 0) is 36.3 Å². The van der Waals surface area contributed by atoms with Crippen molar-refractivity contribution in [1.29, 1.82) is 0 Å². The Hall–Kier alpha value is -1.42. The number of hydrogen-bond donors (Lipinski definition) is 0. The van der Waals surface area contributed by atoms with Gasteiger partial charge >= 0.3 is 0 Å². The second kappa shape index (κ2) is 8.13. The van der Waals surface area contributed by atoms with Gasteiger partial charge in [-0.15, -0.1) is 11.3 Å². The summed E-state index contributed by atoms with van der Waals surface area (Å²) in [6, 6.07) is 4.15. The van der Waals surface area contributed by atoms with E-state index in [1.54, 1.807) is 11.3 Å². The van der Waals surface area contributed by atoms with Gasteiger partial charge in [0, 0.05) is 30.3 Å². The zero-order chi connectivity index (χ0) is 15.1. The van der Waals surface area contributed by atoms with Crippen LogP contribution in [0.2, 0.25) is 0 Å². The normalized spacial score (nSPS) is 12.6. The molecule has 0 aromatic carbocycles. The maximum atomic E-state index is 5.72. The van der Waals surface area contributed by atoms with Crippen molar-refractivity contribution < 1.29 is 4.74 Å². The first kappa shape index (κ1) is 16.0. The molecule has 0 aliphatic heterocycles. The third kappa shape index (κ3) is 5.84. The van der Waals surface area contributed by atoms with Crippen molar-refractivity contribution in [3.05, 3.63) is 40.5 Å². The fourth-order valence-corrected chi connectivity index (χ4v) is 2.96. The Morgan fingerprint density at radius 1 is 1.14 bits per heavy atom. The molecule has 2 heterocycles. The van der Waals surface area contributed by atoms with Crippen molar-refractivity contribution in [2.75, 3.05) is 6.61 Å². The smallest absolute Gasteiger partial charge is 0.213 e. The highest BCUT2D eigenvalue weighted by Crippen LogP contribution is 2.18. The van der Waals surface area contributed by atoms with Crippen molar-refractivity contribution in [3.8, 4) is 5.88 Å². The van der Waals surface area contributed by atoms with Gasteiger partial charge < -0.3 is 4.74 Å². The van der Waals surface area contributed by atoms with Crippen LogP contribution in [0.25, 0.3) is 0 Å². The van der Waals surface area contributed by atoms with Crippen molar-refractivity contribution in [3.63, 3.8) is 0 Å². The summed E-state index contributed by atoms with van der Waals surface area (Å²) >= 11 is 1.73. The van der Waals surface area contributed by atoms with Gasteiger partial charge in [0.25, 0.3) is 0 Å². The van der Waals surface area contributed by atoms with Crippen molar-refractivity contribution >= 4 is 11.3 Å². The molecular weight excluding hydrogens is 280 g/mol. The monoisotopic (exact) mass is 304 g/mol. The van der Waals surface area contributed by atoms with Crippen LogP contribution in [-0.2, 0) is 12.8 Å². The summed E-state index contributed by atoms with van der Waals surface area (Å²) in [6.07, 6.45) is 6.84. The average Bonchev–Trinajstić information content (AvgIpc) is 2.91. The molecular formula is C17H24N2OS. The molecule has 0 N–H and O–H groups in total. The fourth-order valence-electron chi connectivity index (χ4n) is 2.18. The van der Waals surface area contributed by atoms with Gasteiger partial charge in [-0.2, -0.15) is 0 Å². The molecule has 2 aromatic heterocycles. The minimum Gasteiger partial charge on any atom is -0.478 e. The van der Waals surface area contributed by atoms with E-state index in [1.165, 1.54) is 10.6 Å². The molecule has 3 nitrogen and oxygen atoms in total. The second-order valence-electron chi connectivity index (χ2n) is 5.97. The van der Waals surface area contributed by atoms with E-state index in [0.717, 1.165) is 31.7 Å². The summed E-state index contributed by atoms with van der Waals surface area (Å²) in [5.74, 6) is 1.98. The Morgan fingerprint density at radius 3 is 2.71 bits per heavy atom. The summed E-state index contributed by atoms with van der Waals surface area (Å²) in [5.41, 5.74) is 1.29. The lowest BCUT2D eigenvalue weighted by atomic mass is 9.99. The summed E-state index contributed by atoms with van der Waals surface area (Å²) in [5, 5.41) is 3.25. The van der Waals surface area contributed by atoms with Crippen molar-refractivity contribution in [2.24, 2.45) is 11.8 Å². The average molecular weight is 304 g/mol. The number of pyridine rings is 1. The predicted octanol–water partition coefficient (Wildman–Crippen LogP) is 4.38. The topological polar surface area (TPSA) is 35.0 Å². The zero-order valence-electron chi connectivity index (χ0n) is 13.1. The number of nitrogens with zero attached hydrogens (tertiary/aromatic N) is 2. The van der Waals surface area contributed by atoms with Crippen LogP contribution in [0, 0.1) is 11.8 Å². The van der Waals surface area contributed by atoms with Crippen LogP contribution in [0.1, 0.15) is 37.8 Å². The highest BCUT2D eigenvalue weighted by atomic mass is 32.1. The molecule has 114 valence electrons. The standard InChI is InChI=1S/C17H24N2OS/c1-13(2)5-8-20-16-12-15(4-6-18-16)10-14(3)11-17-19-7-9-21-17/h4,6-7,9,12-14H,5,8,10-11H2,1-3H3. The molecule has 0 radical (unpaired) electrons. The Bertz CT molecular complexity index is 525. The summed E-state index contributed by atoms with van der Waals surface area (Å²) < 4.78 is 5.72. The summed E-state index contributed by atoms with van der Waals surface area (Å²) in [7, 11) is 0. The van der Waals surface area contributed by atoms with E-state index < -0.39 is 0 Å². The molecule has 0 fully saturated rings. The van der Waals surface area contributed by atoms with Crippen LogP contribution in [0.5, 0.6) is 5.88 Å². The van der Waals surface area contributed by atoms with Crippen LogP contribution < -0.4 is 4.74 Å². The molecule has 0 spiro atoms. The molecule has 21 heavy (non-hydrogen) atoms. The van der Waals surface area contributed by atoms with Crippen LogP contribution in [0.15, 0.2) is 29.9 Å². The first-order valence-corrected chi connectivity index (χ1v) is 8.47. The van der Waals surface area contributed by atoms with E-state index in [1.807, 2.05) is 17.8 Å². The van der Waals surface area contributed by atoms with Crippen LogP contribution >= 0.6 is 11.3 Å². The third-order valence-corrected chi connectivity index (χ3v) is 4.14. The SMILES string of the molecule is CC(C)CCOc1cc(CC(C)Cc2nccs2)ccn1. The van der Waals surface area contributed by atoms with Crippen LogP contribution in [0.4, 0.5) is 0 Å². The third-order valence-electron chi connectivity index (χ3n) is 3.34. The molecule has 0 saturated carbocycles. The Balaban J connectivity index is 1.85. The largest absolute Gasteiger partial charge is 0.478 e. The molecule has 2 rings (SSSR count). The fraction of sp³-hybridized carbons (Fsp3) is 0.529. The maximum Gasteiger partial charge on any atom is 0.213 e. The van der Waals surface area contributed by atoms with Gasteiger partial charge in [-0.1, -0.05) is 20.8 Å². The van der Waals surface area contributed by atoms with Gasteiger partial charge in [-0.25, -0.2) is 9.97 Å². The first-order chi connectivity index (χ1) is 10.1. The van der Waals surface area contributed by atoms with Crippen LogP contribution in [-0.4, -0.2) is 16.6 Å². The second-order valence-corrected chi connectivity index (χ2v) is 6.95. The minimum atomic E-state index is 0.571. The molecule has 0 saturated heterocycles. The first-order valence-electron chi connectivity index (χ1n) is 7.59. The molecule has 2 aromatic rings. The van der Waals surface area contributed by atoms with Crippen LogP contribution in [0.3, 0.4) is 0 Å². The van der Waals surface area contributed by atoms with Gasteiger partial charge in [0.1, 0.15) is 0 Å². The van der Waals surface area contributed by atoms with Crippen molar-refractivity contribution in [2.45, 2.75) is 40.0 Å². The number of hydrogen-bond acceptors (Lipinski definition) is 4. The van der Waals surface area contributed by atoms with Gasteiger partial charge in [0.15, 0.2) is 0 Å². The predicted molar refractivity (Wildman–Crippen MR) is 87.9 cm³/mol. The van der Waals surface area contributed by atoms with Gasteiger partial charge in [0.2, 0.25) is 5.88 Å². The van der Waals surface area contributed by atoms with E-state index in [0.29, 0.717) is 11.8 Å². The summed E-state index contributed by atoms with van der Waals surface area (Å²) in [6.45, 7) is 7.41. The molecule has 4 heteroatoms. The Labute approximate surface area is 131 Å². The van der Waals surface area contributed by atoms with Gasteiger partial charge in [0.05, 0.1) is 11.6 Å². The van der Waals surface area contributed by atoms with E-state index in [2.05, 4.69) is 42.9 Å². The quantitative estimate of drug-likeness (QED) is 0.725.